The molecular formula is C25H28N4O. The number of rotatable bonds is 5. The van der Waals surface area contributed by atoms with E-state index in [2.05, 4.69) is 47.5 Å². The number of benzene rings is 2. The van der Waals surface area contributed by atoms with E-state index in [0.717, 1.165) is 50.0 Å². The molecule has 1 fully saturated rings. The smallest absolute Gasteiger partial charge is 0.272 e. The molecule has 2 aromatic carbocycles. The summed E-state index contributed by atoms with van der Waals surface area (Å²) in [6.45, 7) is 4.12. The van der Waals surface area contributed by atoms with Crippen LogP contribution in [0.25, 0.3) is 5.69 Å². The van der Waals surface area contributed by atoms with Gasteiger partial charge in [0, 0.05) is 36.4 Å². The lowest BCUT2D eigenvalue weighted by molar-refractivity contribution is 0.0930. The Morgan fingerprint density at radius 1 is 1.07 bits per heavy atom. The Morgan fingerprint density at radius 3 is 2.57 bits per heavy atom. The van der Waals surface area contributed by atoms with Gasteiger partial charge in [-0.25, -0.2) is 4.68 Å². The first-order valence-electron chi connectivity index (χ1n) is 11.0. The van der Waals surface area contributed by atoms with Gasteiger partial charge in [0.15, 0.2) is 5.69 Å². The summed E-state index contributed by atoms with van der Waals surface area (Å²) in [5, 5.41) is 8.01. The molecule has 2 unspecified atom stereocenters. The van der Waals surface area contributed by atoms with Crippen molar-refractivity contribution in [2.24, 2.45) is 0 Å². The van der Waals surface area contributed by atoms with Gasteiger partial charge in [-0.2, -0.15) is 5.10 Å². The highest BCUT2D eigenvalue weighted by Gasteiger charge is 2.31. The van der Waals surface area contributed by atoms with Gasteiger partial charge >= 0.3 is 0 Å². The number of likely N-dealkylation sites (tertiary alicyclic amines) is 1. The van der Waals surface area contributed by atoms with Gasteiger partial charge < -0.3 is 5.32 Å². The van der Waals surface area contributed by atoms with Crippen LogP contribution in [0.3, 0.4) is 0 Å². The van der Waals surface area contributed by atoms with E-state index in [1.807, 2.05) is 35.0 Å². The minimum Gasteiger partial charge on any atom is -0.347 e. The molecule has 1 N–H and O–H groups in total. The van der Waals surface area contributed by atoms with Gasteiger partial charge in [0.25, 0.3) is 5.91 Å². The largest absolute Gasteiger partial charge is 0.347 e. The Morgan fingerprint density at radius 2 is 1.80 bits per heavy atom. The maximum atomic E-state index is 13.1. The Kier molecular flexibility index (Phi) is 5.13. The van der Waals surface area contributed by atoms with Crippen molar-refractivity contribution in [1.82, 2.24) is 20.0 Å². The van der Waals surface area contributed by atoms with Crippen LogP contribution in [0.1, 0.15) is 53.1 Å². The molecule has 1 amide bonds. The summed E-state index contributed by atoms with van der Waals surface area (Å²) in [6.07, 6.45) is 3.99. The molecule has 5 rings (SSSR count). The van der Waals surface area contributed by atoms with E-state index in [-0.39, 0.29) is 11.9 Å². The van der Waals surface area contributed by atoms with Crippen LogP contribution >= 0.6 is 0 Å². The second-order valence-electron chi connectivity index (χ2n) is 8.42. The molecule has 1 aliphatic heterocycles. The standard InChI is InChI=1S/C25H28N4O/c1-18(19-9-4-2-5-10-19)28-16-15-20(17-28)26-25(30)24-22-13-8-14-23(22)29(27-24)21-11-6-3-7-12-21/h2-7,9-12,18,20H,8,13-17H2,1H3,(H,26,30). The number of nitrogens with one attached hydrogen (secondary N) is 1. The second kappa shape index (κ2) is 8.07. The third-order valence-electron chi connectivity index (χ3n) is 6.53. The van der Waals surface area contributed by atoms with Crippen LogP contribution in [0.15, 0.2) is 60.7 Å². The van der Waals surface area contributed by atoms with E-state index in [1.165, 1.54) is 11.3 Å². The summed E-state index contributed by atoms with van der Waals surface area (Å²) in [4.78, 5) is 15.6. The lowest BCUT2D eigenvalue weighted by Crippen LogP contribution is -2.38. The van der Waals surface area contributed by atoms with E-state index >= 15 is 0 Å². The van der Waals surface area contributed by atoms with E-state index in [0.29, 0.717) is 11.7 Å². The molecule has 3 aromatic rings. The lowest BCUT2D eigenvalue weighted by atomic mass is 10.1. The third kappa shape index (κ3) is 3.54. The van der Waals surface area contributed by atoms with E-state index in [9.17, 15) is 4.79 Å². The number of amides is 1. The lowest BCUT2D eigenvalue weighted by Gasteiger charge is -2.24. The van der Waals surface area contributed by atoms with Crippen molar-refractivity contribution in [2.45, 2.75) is 44.7 Å². The van der Waals surface area contributed by atoms with Crippen LogP contribution in [0, 0.1) is 0 Å². The molecule has 1 saturated heterocycles. The molecule has 1 aromatic heterocycles. The second-order valence-corrected chi connectivity index (χ2v) is 8.42. The fourth-order valence-corrected chi connectivity index (χ4v) is 4.86. The van der Waals surface area contributed by atoms with Crippen LogP contribution in [0.4, 0.5) is 0 Å². The predicted octanol–water partition coefficient (Wildman–Crippen LogP) is 3.93. The molecule has 5 nitrogen and oxygen atoms in total. The topological polar surface area (TPSA) is 50.2 Å². The van der Waals surface area contributed by atoms with Crippen molar-refractivity contribution in [2.75, 3.05) is 13.1 Å². The van der Waals surface area contributed by atoms with Crippen molar-refractivity contribution < 1.29 is 4.79 Å². The third-order valence-corrected chi connectivity index (χ3v) is 6.53. The Labute approximate surface area is 177 Å². The molecule has 30 heavy (non-hydrogen) atoms. The van der Waals surface area contributed by atoms with Crippen LogP contribution in [-0.4, -0.2) is 39.7 Å². The first-order chi connectivity index (χ1) is 14.7. The number of nitrogens with zero attached hydrogens (tertiary/aromatic N) is 3. The highest BCUT2D eigenvalue weighted by atomic mass is 16.2. The Bertz CT molecular complexity index is 1030. The molecule has 0 bridgehead atoms. The first kappa shape index (κ1) is 19.1. The minimum atomic E-state index is -0.0259. The van der Waals surface area contributed by atoms with Crippen molar-refractivity contribution in [1.29, 1.82) is 0 Å². The van der Waals surface area contributed by atoms with Gasteiger partial charge in [-0.1, -0.05) is 48.5 Å². The highest BCUT2D eigenvalue weighted by molar-refractivity contribution is 5.94. The van der Waals surface area contributed by atoms with Gasteiger partial charge in [0.1, 0.15) is 0 Å². The quantitative estimate of drug-likeness (QED) is 0.706. The summed E-state index contributed by atoms with van der Waals surface area (Å²) in [6, 6.07) is 21.2. The van der Waals surface area contributed by atoms with Gasteiger partial charge in [-0.3, -0.25) is 9.69 Å². The normalized spacial score (nSPS) is 19.6. The molecule has 1 aliphatic carbocycles. The summed E-state index contributed by atoms with van der Waals surface area (Å²) in [7, 11) is 0. The van der Waals surface area contributed by atoms with Crippen molar-refractivity contribution in [3.63, 3.8) is 0 Å². The number of hydrogen-bond donors (Lipinski definition) is 1. The summed E-state index contributed by atoms with van der Waals surface area (Å²) >= 11 is 0. The maximum absolute atomic E-state index is 13.1. The van der Waals surface area contributed by atoms with Crippen molar-refractivity contribution >= 4 is 5.91 Å². The van der Waals surface area contributed by atoms with Gasteiger partial charge in [-0.15, -0.1) is 0 Å². The molecule has 5 heteroatoms. The molecular weight excluding hydrogens is 372 g/mol. The monoisotopic (exact) mass is 400 g/mol. The molecule has 2 aliphatic rings. The number of para-hydroxylation sites is 1. The fourth-order valence-electron chi connectivity index (χ4n) is 4.86. The van der Waals surface area contributed by atoms with Gasteiger partial charge in [0.05, 0.1) is 5.69 Å². The number of hydrogen-bond acceptors (Lipinski definition) is 3. The minimum absolute atomic E-state index is 0.0259. The summed E-state index contributed by atoms with van der Waals surface area (Å²) in [5.41, 5.74) is 5.28. The number of fused-ring (bicyclic) bond motifs is 1. The Hall–Kier alpha value is -2.92. The average Bonchev–Trinajstić information content (AvgIpc) is 3.51. The zero-order chi connectivity index (χ0) is 20.5. The van der Waals surface area contributed by atoms with Crippen LogP contribution in [0.5, 0.6) is 0 Å². The van der Waals surface area contributed by atoms with Gasteiger partial charge in [0.2, 0.25) is 0 Å². The van der Waals surface area contributed by atoms with E-state index in [1.54, 1.807) is 0 Å². The molecule has 0 radical (unpaired) electrons. The van der Waals surface area contributed by atoms with E-state index in [4.69, 9.17) is 5.10 Å². The summed E-state index contributed by atoms with van der Waals surface area (Å²) < 4.78 is 1.97. The number of carbonyl (C=O) groups excluding carboxylic acids is 1. The van der Waals surface area contributed by atoms with Crippen LogP contribution < -0.4 is 5.32 Å². The molecule has 0 spiro atoms. The first-order valence-corrected chi connectivity index (χ1v) is 11.0. The van der Waals surface area contributed by atoms with Crippen LogP contribution in [-0.2, 0) is 12.8 Å². The SMILES string of the molecule is CC(c1ccccc1)N1CCC(NC(=O)c2nn(-c3ccccc3)c3c2CCC3)C1. The maximum Gasteiger partial charge on any atom is 0.272 e. The fraction of sp³-hybridized carbons (Fsp3) is 0.360. The zero-order valence-corrected chi connectivity index (χ0v) is 17.4. The Balaban J connectivity index is 1.30. The zero-order valence-electron chi connectivity index (χ0n) is 17.4. The summed E-state index contributed by atoms with van der Waals surface area (Å²) in [5.74, 6) is -0.0259. The van der Waals surface area contributed by atoms with E-state index < -0.39 is 0 Å². The highest BCUT2D eigenvalue weighted by Crippen LogP contribution is 2.29. The molecule has 2 atom stereocenters. The molecule has 154 valence electrons. The average molecular weight is 401 g/mol. The van der Waals surface area contributed by atoms with Crippen LogP contribution in [0.2, 0.25) is 0 Å². The number of aromatic nitrogens is 2. The van der Waals surface area contributed by atoms with Gasteiger partial charge in [-0.05, 0) is 50.3 Å². The van der Waals surface area contributed by atoms with Crippen molar-refractivity contribution in [3.8, 4) is 5.69 Å². The predicted molar refractivity (Wildman–Crippen MR) is 118 cm³/mol. The number of carbonyl (C=O) groups is 1. The molecule has 2 heterocycles. The molecule has 0 saturated carbocycles. The van der Waals surface area contributed by atoms with Crippen molar-refractivity contribution in [3.05, 3.63) is 83.2 Å².